The van der Waals surface area contributed by atoms with Crippen LogP contribution >= 0.6 is 11.8 Å². The largest absolute Gasteiger partial charge is 0.390 e. The second-order valence-corrected chi connectivity index (χ2v) is 6.37. The molecule has 0 unspecified atom stereocenters. The van der Waals surface area contributed by atoms with Crippen LogP contribution in [0.3, 0.4) is 0 Å². The van der Waals surface area contributed by atoms with Crippen molar-refractivity contribution in [1.82, 2.24) is 14.7 Å². The minimum atomic E-state index is -0.0846. The van der Waals surface area contributed by atoms with E-state index in [0.717, 1.165) is 34.7 Å². The van der Waals surface area contributed by atoms with Gasteiger partial charge in [-0.15, -0.1) is 11.8 Å². The van der Waals surface area contributed by atoms with Gasteiger partial charge in [-0.3, -0.25) is 9.48 Å². The first-order valence-corrected chi connectivity index (χ1v) is 9.02. The summed E-state index contributed by atoms with van der Waals surface area (Å²) in [7, 11) is 0. The summed E-state index contributed by atoms with van der Waals surface area (Å²) < 4.78 is 1.94. The maximum atomic E-state index is 12.9. The molecule has 0 saturated carbocycles. The van der Waals surface area contributed by atoms with Crippen molar-refractivity contribution < 1.29 is 9.90 Å². The molecule has 122 valence electrons. The Hall–Kier alpha value is -1.79. The Bertz CT molecular complexity index is 727. The number of carbonyl (C=O) groups excluding carboxylic acids is 1. The third kappa shape index (κ3) is 2.88. The van der Waals surface area contributed by atoms with Gasteiger partial charge in [0.2, 0.25) is 0 Å². The molecular formula is C17H21N3O2S. The van der Waals surface area contributed by atoms with E-state index >= 15 is 0 Å². The molecule has 0 radical (unpaired) electrons. The Morgan fingerprint density at radius 2 is 2.17 bits per heavy atom. The third-order valence-electron chi connectivity index (χ3n) is 4.29. The molecule has 1 N–H and O–H groups in total. The number of aliphatic hydroxyl groups excluding tert-OH is 1. The Morgan fingerprint density at radius 1 is 1.39 bits per heavy atom. The van der Waals surface area contributed by atoms with E-state index in [4.69, 9.17) is 0 Å². The number of thioether (sulfide) groups is 1. The molecule has 2 heterocycles. The molecular weight excluding hydrogens is 310 g/mol. The minimum absolute atomic E-state index is 0.0498. The average Bonchev–Trinajstić information content (AvgIpc) is 2.98. The first-order chi connectivity index (χ1) is 11.2. The Kier molecular flexibility index (Phi) is 4.73. The molecule has 1 amide bonds. The second kappa shape index (κ2) is 6.76. The van der Waals surface area contributed by atoms with Crippen LogP contribution in [0.5, 0.6) is 0 Å². The lowest BCUT2D eigenvalue weighted by molar-refractivity contribution is 0.0728. The number of hydrogen-bond acceptors (Lipinski definition) is 4. The van der Waals surface area contributed by atoms with Gasteiger partial charge >= 0.3 is 0 Å². The molecule has 3 rings (SSSR count). The highest BCUT2D eigenvalue weighted by molar-refractivity contribution is 7.98. The number of hydrogen-bond donors (Lipinski definition) is 1. The van der Waals surface area contributed by atoms with Crippen LogP contribution in [-0.2, 0) is 26.1 Å². The molecule has 6 heteroatoms. The van der Waals surface area contributed by atoms with Crippen molar-refractivity contribution in [2.45, 2.75) is 37.9 Å². The van der Waals surface area contributed by atoms with Crippen LogP contribution in [0.25, 0.3) is 0 Å². The van der Waals surface area contributed by atoms with Crippen molar-refractivity contribution in [2.24, 2.45) is 0 Å². The normalized spacial score (nSPS) is 14.0. The van der Waals surface area contributed by atoms with Gasteiger partial charge in [0, 0.05) is 42.2 Å². The molecule has 0 atom stereocenters. The number of aromatic nitrogens is 2. The van der Waals surface area contributed by atoms with Gasteiger partial charge in [0.25, 0.3) is 5.91 Å². The van der Waals surface area contributed by atoms with Crippen LogP contribution in [0.15, 0.2) is 29.2 Å². The van der Waals surface area contributed by atoms with E-state index in [1.807, 2.05) is 47.0 Å². The maximum absolute atomic E-state index is 12.9. The molecule has 1 aliphatic heterocycles. The fraction of sp³-hybridized carbons (Fsp3) is 0.412. The van der Waals surface area contributed by atoms with Crippen molar-refractivity contribution in [2.75, 3.05) is 12.8 Å². The second-order valence-electron chi connectivity index (χ2n) is 5.52. The van der Waals surface area contributed by atoms with E-state index in [2.05, 4.69) is 5.10 Å². The van der Waals surface area contributed by atoms with Gasteiger partial charge < -0.3 is 10.0 Å². The quantitative estimate of drug-likeness (QED) is 0.874. The Balaban J connectivity index is 1.90. The Morgan fingerprint density at radius 3 is 2.87 bits per heavy atom. The van der Waals surface area contributed by atoms with Crippen LogP contribution < -0.4 is 0 Å². The molecule has 0 fully saturated rings. The standard InChI is InChI=1S/C17H21N3O2S/c1-3-20-15-8-9-19(10-13(15)14(11-21)18-20)17(22)12-6-4-5-7-16(12)23-2/h4-7,21H,3,8-11H2,1-2H3. The molecule has 0 bridgehead atoms. The van der Waals surface area contributed by atoms with Crippen molar-refractivity contribution in [3.05, 3.63) is 46.8 Å². The number of aliphatic hydroxyl groups is 1. The van der Waals surface area contributed by atoms with E-state index < -0.39 is 0 Å². The zero-order valence-corrected chi connectivity index (χ0v) is 14.3. The maximum Gasteiger partial charge on any atom is 0.255 e. The molecule has 0 aliphatic carbocycles. The van der Waals surface area contributed by atoms with Gasteiger partial charge in [0.1, 0.15) is 0 Å². The first-order valence-electron chi connectivity index (χ1n) is 7.80. The number of aryl methyl sites for hydroxylation is 1. The van der Waals surface area contributed by atoms with E-state index in [1.165, 1.54) is 0 Å². The van der Waals surface area contributed by atoms with Crippen LogP contribution in [0.2, 0.25) is 0 Å². The van der Waals surface area contributed by atoms with Gasteiger partial charge in [-0.2, -0.15) is 5.10 Å². The van der Waals surface area contributed by atoms with Gasteiger partial charge in [0.15, 0.2) is 0 Å². The van der Waals surface area contributed by atoms with Crippen LogP contribution in [-0.4, -0.2) is 38.5 Å². The van der Waals surface area contributed by atoms with E-state index in [0.29, 0.717) is 18.8 Å². The third-order valence-corrected chi connectivity index (χ3v) is 5.09. The highest BCUT2D eigenvalue weighted by Gasteiger charge is 2.28. The lowest BCUT2D eigenvalue weighted by Gasteiger charge is -2.28. The molecule has 1 aromatic carbocycles. The lowest BCUT2D eigenvalue weighted by Crippen LogP contribution is -2.36. The number of nitrogens with zero attached hydrogens (tertiary/aromatic N) is 3. The highest BCUT2D eigenvalue weighted by Crippen LogP contribution is 2.27. The molecule has 5 nitrogen and oxygen atoms in total. The zero-order chi connectivity index (χ0) is 16.4. The summed E-state index contributed by atoms with van der Waals surface area (Å²) in [4.78, 5) is 15.7. The average molecular weight is 331 g/mol. The Labute approximate surface area is 140 Å². The summed E-state index contributed by atoms with van der Waals surface area (Å²) in [6, 6.07) is 7.70. The molecule has 1 aliphatic rings. The number of amides is 1. The summed E-state index contributed by atoms with van der Waals surface area (Å²) >= 11 is 1.58. The number of fused-ring (bicyclic) bond motifs is 1. The molecule has 2 aromatic rings. The van der Waals surface area contributed by atoms with Crippen molar-refractivity contribution in [1.29, 1.82) is 0 Å². The van der Waals surface area contributed by atoms with Gasteiger partial charge in [-0.1, -0.05) is 12.1 Å². The number of carbonyl (C=O) groups is 1. The highest BCUT2D eigenvalue weighted by atomic mass is 32.2. The summed E-state index contributed by atoms with van der Waals surface area (Å²) in [6.07, 6.45) is 2.76. The predicted molar refractivity (Wildman–Crippen MR) is 90.5 cm³/mol. The van der Waals surface area contributed by atoms with Gasteiger partial charge in [-0.05, 0) is 25.3 Å². The topological polar surface area (TPSA) is 58.4 Å². The summed E-state index contributed by atoms with van der Waals surface area (Å²) in [5, 5.41) is 14.0. The van der Waals surface area contributed by atoms with Crippen LogP contribution in [0.4, 0.5) is 0 Å². The minimum Gasteiger partial charge on any atom is -0.390 e. The smallest absolute Gasteiger partial charge is 0.255 e. The van der Waals surface area contributed by atoms with Gasteiger partial charge in [-0.25, -0.2) is 0 Å². The van der Waals surface area contributed by atoms with E-state index in [9.17, 15) is 9.90 Å². The number of rotatable bonds is 4. The van der Waals surface area contributed by atoms with Gasteiger partial charge in [0.05, 0.1) is 17.9 Å². The van der Waals surface area contributed by atoms with E-state index in [1.54, 1.807) is 11.8 Å². The summed E-state index contributed by atoms with van der Waals surface area (Å²) in [5.41, 5.74) is 3.60. The molecule has 0 saturated heterocycles. The predicted octanol–water partition coefficient (Wildman–Crippen LogP) is 2.32. The molecule has 23 heavy (non-hydrogen) atoms. The summed E-state index contributed by atoms with van der Waals surface area (Å²) in [6.45, 7) is 3.95. The van der Waals surface area contributed by atoms with Crippen molar-refractivity contribution in [3.63, 3.8) is 0 Å². The monoisotopic (exact) mass is 331 g/mol. The fourth-order valence-corrected chi connectivity index (χ4v) is 3.71. The van der Waals surface area contributed by atoms with Crippen molar-refractivity contribution in [3.8, 4) is 0 Å². The summed E-state index contributed by atoms with van der Waals surface area (Å²) in [5.74, 6) is 0.0498. The fourth-order valence-electron chi connectivity index (χ4n) is 3.12. The van der Waals surface area contributed by atoms with Crippen molar-refractivity contribution >= 4 is 17.7 Å². The van der Waals surface area contributed by atoms with E-state index in [-0.39, 0.29) is 12.5 Å². The van der Waals surface area contributed by atoms with Crippen LogP contribution in [0.1, 0.15) is 34.2 Å². The molecule has 0 spiro atoms. The lowest BCUT2D eigenvalue weighted by atomic mass is 10.0. The number of benzene rings is 1. The SMILES string of the molecule is CCn1nc(CO)c2c1CCN(C(=O)c1ccccc1SC)C2. The zero-order valence-electron chi connectivity index (χ0n) is 13.5. The van der Waals surface area contributed by atoms with Crippen LogP contribution in [0, 0.1) is 0 Å². The first kappa shape index (κ1) is 16.1. The molecule has 1 aromatic heterocycles.